The maximum atomic E-state index is 13.4. The first-order valence-corrected chi connectivity index (χ1v) is 14.9. The molecule has 7 nitrogen and oxygen atoms in total. The molecule has 2 aromatic rings. The summed E-state index contributed by atoms with van der Waals surface area (Å²) in [4.78, 5) is 12.8. The highest BCUT2D eigenvalue weighted by Gasteiger charge is 2.42. The molecule has 1 aromatic carbocycles. The fourth-order valence-corrected chi connectivity index (χ4v) is 7.87. The van der Waals surface area contributed by atoms with Crippen LogP contribution in [-0.4, -0.2) is 58.5 Å². The van der Waals surface area contributed by atoms with Crippen molar-refractivity contribution in [2.45, 2.75) is 88.0 Å². The number of carbonyl (C=O) groups excluding carboxylic acids is 1. The zero-order valence-corrected chi connectivity index (χ0v) is 22.4. The van der Waals surface area contributed by atoms with Gasteiger partial charge in [-0.05, 0) is 75.0 Å². The topological polar surface area (TPSA) is 79.6 Å². The van der Waals surface area contributed by atoms with Gasteiger partial charge in [-0.3, -0.25) is 4.79 Å². The van der Waals surface area contributed by atoms with Crippen molar-refractivity contribution in [3.8, 4) is 0 Å². The lowest BCUT2D eigenvalue weighted by atomic mass is 9.87. The Kier molecular flexibility index (Phi) is 8.02. The van der Waals surface area contributed by atoms with E-state index in [0.29, 0.717) is 49.5 Å². The van der Waals surface area contributed by atoms with E-state index in [1.807, 2.05) is 11.9 Å². The lowest BCUT2D eigenvalue weighted by molar-refractivity contribution is -0.00228. The van der Waals surface area contributed by atoms with E-state index in [1.54, 1.807) is 12.1 Å². The van der Waals surface area contributed by atoms with E-state index in [-0.39, 0.29) is 17.9 Å². The maximum absolute atomic E-state index is 13.4. The van der Waals surface area contributed by atoms with E-state index in [4.69, 9.17) is 9.26 Å². The number of ether oxygens (including phenoxy) is 1. The second-order valence-electron chi connectivity index (χ2n) is 11.4. The largest absolute Gasteiger partial charge is 0.380 e. The van der Waals surface area contributed by atoms with Gasteiger partial charge in [0.1, 0.15) is 5.76 Å². The molecule has 2 N–H and O–H groups in total. The molecule has 0 spiro atoms. The molecule has 4 aliphatic rings. The number of hydrogen-bond acceptors (Lipinski definition) is 7. The van der Waals surface area contributed by atoms with Crippen LogP contribution in [0, 0.1) is 17.6 Å². The van der Waals surface area contributed by atoms with Crippen LogP contribution in [0.2, 0.25) is 0 Å². The van der Waals surface area contributed by atoms with Gasteiger partial charge in [-0.25, -0.2) is 13.1 Å². The van der Waals surface area contributed by atoms with Crippen molar-refractivity contribution < 1.29 is 22.8 Å². The van der Waals surface area contributed by atoms with E-state index in [2.05, 4.69) is 20.1 Å². The minimum Gasteiger partial charge on any atom is -0.380 e. The van der Waals surface area contributed by atoms with Gasteiger partial charge in [0.2, 0.25) is 0 Å². The van der Waals surface area contributed by atoms with Crippen molar-refractivity contribution in [2.75, 3.05) is 19.0 Å². The van der Waals surface area contributed by atoms with E-state index in [9.17, 15) is 13.6 Å². The van der Waals surface area contributed by atoms with Crippen molar-refractivity contribution in [1.29, 1.82) is 0 Å². The van der Waals surface area contributed by atoms with Gasteiger partial charge < -0.3 is 19.9 Å². The fraction of sp³-hybridized carbons (Fsp3) is 0.643. The van der Waals surface area contributed by atoms with Crippen molar-refractivity contribution in [3.63, 3.8) is 0 Å². The molecule has 6 rings (SSSR count). The Morgan fingerprint density at radius 1 is 1.00 bits per heavy atom. The standard InChI is InChI=1S/C28H36F2N4O3S/c29-24-8-3-18(9-25(24)30)13-31-20-4-1-17(2-5-20)16-38-34-22-6-7-23(34)11-21(10-22)32-28(35)26-12-27(37-33-26)19-14-36-15-19/h3,8-9,12,17,19-23,31H,1-2,4-7,10-11,13-16H2,(H,32,35)/t17?,20?,21?,22-,23?/m1/s1. The van der Waals surface area contributed by atoms with Crippen LogP contribution in [0.15, 0.2) is 28.8 Å². The third-order valence-corrected chi connectivity index (χ3v) is 10.2. The highest BCUT2D eigenvalue weighted by atomic mass is 32.2. The summed E-state index contributed by atoms with van der Waals surface area (Å²) in [6, 6.07) is 7.52. The maximum Gasteiger partial charge on any atom is 0.273 e. The number of aromatic nitrogens is 1. The van der Waals surface area contributed by atoms with Crippen LogP contribution in [0.4, 0.5) is 8.78 Å². The smallest absolute Gasteiger partial charge is 0.273 e. The zero-order valence-electron chi connectivity index (χ0n) is 21.5. The number of amides is 1. The lowest BCUT2D eigenvalue weighted by Crippen LogP contribution is -2.48. The summed E-state index contributed by atoms with van der Waals surface area (Å²) in [5, 5.41) is 10.7. The van der Waals surface area contributed by atoms with E-state index >= 15 is 0 Å². The van der Waals surface area contributed by atoms with Gasteiger partial charge in [-0.2, -0.15) is 0 Å². The Balaban J connectivity index is 0.912. The molecule has 4 fully saturated rings. The summed E-state index contributed by atoms with van der Waals surface area (Å²) in [6.45, 7) is 1.84. The van der Waals surface area contributed by atoms with E-state index < -0.39 is 11.6 Å². The average Bonchev–Trinajstić information content (AvgIpc) is 3.45. The molecule has 1 aromatic heterocycles. The Bertz CT molecular complexity index is 1110. The minimum absolute atomic E-state index is 0.138. The number of carbonyl (C=O) groups is 1. The van der Waals surface area contributed by atoms with Gasteiger partial charge in [0.25, 0.3) is 5.91 Å². The van der Waals surface area contributed by atoms with Crippen LogP contribution in [0.25, 0.3) is 0 Å². The van der Waals surface area contributed by atoms with Crippen LogP contribution < -0.4 is 10.6 Å². The summed E-state index contributed by atoms with van der Waals surface area (Å²) >= 11 is 2.01. The first-order chi connectivity index (χ1) is 18.5. The van der Waals surface area contributed by atoms with Crippen LogP contribution in [0.5, 0.6) is 0 Å². The van der Waals surface area contributed by atoms with E-state index in [0.717, 1.165) is 42.8 Å². The lowest BCUT2D eigenvalue weighted by Gasteiger charge is -2.39. The van der Waals surface area contributed by atoms with Crippen LogP contribution in [0.3, 0.4) is 0 Å². The van der Waals surface area contributed by atoms with Gasteiger partial charge in [0.15, 0.2) is 17.3 Å². The molecule has 1 amide bonds. The molecule has 3 aliphatic heterocycles. The number of fused-ring (bicyclic) bond motifs is 2. The summed E-state index contributed by atoms with van der Waals surface area (Å²) in [6.07, 6.45) is 8.98. The van der Waals surface area contributed by atoms with Gasteiger partial charge in [-0.15, -0.1) is 0 Å². The van der Waals surface area contributed by atoms with Gasteiger partial charge in [-0.1, -0.05) is 23.2 Å². The Morgan fingerprint density at radius 2 is 1.76 bits per heavy atom. The molecule has 2 bridgehead atoms. The number of nitrogens with one attached hydrogen (secondary N) is 2. The molecule has 38 heavy (non-hydrogen) atoms. The first kappa shape index (κ1) is 26.2. The molecule has 206 valence electrons. The molecule has 3 atom stereocenters. The third kappa shape index (κ3) is 5.93. The highest BCUT2D eigenvalue weighted by Crippen LogP contribution is 2.42. The van der Waals surface area contributed by atoms with Crippen molar-refractivity contribution in [3.05, 3.63) is 52.9 Å². The van der Waals surface area contributed by atoms with Crippen LogP contribution >= 0.6 is 11.9 Å². The van der Waals surface area contributed by atoms with Gasteiger partial charge >= 0.3 is 0 Å². The van der Waals surface area contributed by atoms with Gasteiger partial charge in [0, 0.05) is 42.5 Å². The number of nitrogens with zero attached hydrogens (tertiary/aromatic N) is 2. The predicted molar refractivity (Wildman–Crippen MR) is 141 cm³/mol. The normalized spacial score (nSPS) is 29.8. The number of piperidine rings is 1. The quantitative estimate of drug-likeness (QED) is 0.438. The molecule has 1 saturated carbocycles. The molecule has 0 radical (unpaired) electrons. The Labute approximate surface area is 226 Å². The first-order valence-electron chi connectivity index (χ1n) is 14.0. The monoisotopic (exact) mass is 546 g/mol. The Hall–Kier alpha value is -2.01. The zero-order chi connectivity index (χ0) is 26.1. The van der Waals surface area contributed by atoms with Crippen LogP contribution in [-0.2, 0) is 11.3 Å². The average molecular weight is 547 g/mol. The molecule has 2 unspecified atom stereocenters. The summed E-state index contributed by atoms with van der Waals surface area (Å²) in [5.74, 6) is 1.09. The highest BCUT2D eigenvalue weighted by molar-refractivity contribution is 7.97. The van der Waals surface area contributed by atoms with Crippen molar-refractivity contribution in [2.24, 2.45) is 5.92 Å². The number of rotatable bonds is 9. The molecule has 1 aliphatic carbocycles. The molecular weight excluding hydrogens is 510 g/mol. The summed E-state index contributed by atoms with van der Waals surface area (Å²) in [7, 11) is 0. The summed E-state index contributed by atoms with van der Waals surface area (Å²) < 4.78 is 39.8. The second-order valence-corrected chi connectivity index (χ2v) is 12.4. The van der Waals surface area contributed by atoms with Gasteiger partial charge in [0.05, 0.1) is 19.1 Å². The molecular formula is C28H36F2N4O3S. The number of hydrogen-bond donors (Lipinski definition) is 2. The molecule has 4 heterocycles. The Morgan fingerprint density at radius 3 is 2.45 bits per heavy atom. The predicted octanol–water partition coefficient (Wildman–Crippen LogP) is 4.79. The van der Waals surface area contributed by atoms with Crippen LogP contribution in [0.1, 0.15) is 79.1 Å². The SMILES string of the molecule is O=C(NC1CC2CC[C@H](C1)N2SCC1CCC(NCc2ccc(F)c(F)c2)CC1)c1cc(C2COC2)on1. The third-order valence-electron chi connectivity index (χ3n) is 8.69. The minimum atomic E-state index is -0.797. The van der Waals surface area contributed by atoms with Crippen molar-refractivity contribution in [1.82, 2.24) is 20.1 Å². The van der Waals surface area contributed by atoms with Crippen molar-refractivity contribution >= 4 is 17.9 Å². The molecule has 3 saturated heterocycles. The number of halogens is 2. The second kappa shape index (κ2) is 11.6. The fourth-order valence-electron chi connectivity index (χ4n) is 6.35. The summed E-state index contributed by atoms with van der Waals surface area (Å²) in [5.41, 5.74) is 1.15. The molecule has 10 heteroatoms. The van der Waals surface area contributed by atoms with E-state index in [1.165, 1.54) is 37.8 Å². The number of benzene rings is 1.